The summed E-state index contributed by atoms with van der Waals surface area (Å²) in [6.45, 7) is 12.5. The van der Waals surface area contributed by atoms with Crippen LogP contribution in [-0.2, 0) is 0 Å². The van der Waals surface area contributed by atoms with E-state index in [-0.39, 0.29) is 24.0 Å². The van der Waals surface area contributed by atoms with Crippen LogP contribution >= 0.6 is 24.0 Å². The number of halogens is 1. The van der Waals surface area contributed by atoms with Gasteiger partial charge in [0.25, 0.3) is 0 Å². The number of piperidine rings is 2. The normalized spacial score (nSPS) is 27.5. The molecule has 1 N–H and O–H groups in total. The molecule has 0 saturated carbocycles. The molecule has 1 aromatic rings. The predicted octanol–water partition coefficient (Wildman–Crippen LogP) is 3.08. The highest BCUT2D eigenvalue weighted by molar-refractivity contribution is 14.0. The van der Waals surface area contributed by atoms with Crippen LogP contribution in [0.2, 0.25) is 0 Å². The molecule has 3 atom stereocenters. The molecule has 0 amide bonds. The number of imidazole rings is 1. The third-order valence-electron chi connectivity index (χ3n) is 6.17. The third-order valence-corrected chi connectivity index (χ3v) is 6.17. The molecule has 6 nitrogen and oxygen atoms in total. The van der Waals surface area contributed by atoms with Crippen molar-refractivity contribution in [1.29, 1.82) is 0 Å². The quantitative estimate of drug-likeness (QED) is 0.402. The van der Waals surface area contributed by atoms with Crippen molar-refractivity contribution in [2.45, 2.75) is 52.1 Å². The number of guanidine groups is 1. The fourth-order valence-electron chi connectivity index (χ4n) is 4.40. The number of hydrogen-bond acceptors (Lipinski definition) is 3. The molecule has 2 aliphatic rings. The highest BCUT2D eigenvalue weighted by Gasteiger charge is 2.29. The van der Waals surface area contributed by atoms with Gasteiger partial charge in [-0.05, 0) is 51.5 Å². The van der Waals surface area contributed by atoms with Gasteiger partial charge in [-0.3, -0.25) is 4.99 Å². The van der Waals surface area contributed by atoms with Crippen molar-refractivity contribution in [1.82, 2.24) is 24.7 Å². The molecule has 154 valence electrons. The van der Waals surface area contributed by atoms with E-state index >= 15 is 0 Å². The van der Waals surface area contributed by atoms with E-state index in [1.165, 1.54) is 32.4 Å². The largest absolute Gasteiger partial charge is 0.356 e. The van der Waals surface area contributed by atoms with Crippen LogP contribution in [0.25, 0.3) is 0 Å². The monoisotopic (exact) mass is 488 g/mol. The second-order valence-electron chi connectivity index (χ2n) is 8.31. The molecular formula is C20H37IN6. The number of aliphatic imine (C=N–C) groups is 1. The van der Waals surface area contributed by atoms with E-state index in [1.54, 1.807) is 0 Å². The van der Waals surface area contributed by atoms with Crippen LogP contribution in [0.4, 0.5) is 0 Å². The van der Waals surface area contributed by atoms with Crippen LogP contribution in [0.1, 0.15) is 46.1 Å². The van der Waals surface area contributed by atoms with Gasteiger partial charge in [0, 0.05) is 51.7 Å². The summed E-state index contributed by atoms with van der Waals surface area (Å²) in [7, 11) is 1.91. The standard InChI is InChI=1S/C20H36N6.HI/c1-16(2)24-9-5-6-18(13-24)12-23-20(21-4)25-10-7-17(3)19(14-25)26-11-8-22-15-26;/h8,11,15-19H,5-7,9-10,12-14H2,1-4H3,(H,21,23);1H. The molecule has 1 aromatic heterocycles. The van der Waals surface area contributed by atoms with E-state index in [0.29, 0.717) is 18.0 Å². The number of nitrogens with zero attached hydrogens (tertiary/aromatic N) is 5. The lowest BCUT2D eigenvalue weighted by Crippen LogP contribution is -2.51. The fraction of sp³-hybridized carbons (Fsp3) is 0.800. The van der Waals surface area contributed by atoms with Crippen LogP contribution in [-0.4, -0.2) is 71.1 Å². The molecular weight excluding hydrogens is 451 g/mol. The lowest BCUT2D eigenvalue weighted by Gasteiger charge is -2.40. The zero-order chi connectivity index (χ0) is 18.5. The molecule has 3 rings (SSSR count). The maximum absolute atomic E-state index is 4.58. The number of hydrogen-bond donors (Lipinski definition) is 1. The van der Waals surface area contributed by atoms with Gasteiger partial charge in [0.1, 0.15) is 0 Å². The van der Waals surface area contributed by atoms with Crippen molar-refractivity contribution in [2.75, 3.05) is 39.8 Å². The van der Waals surface area contributed by atoms with E-state index in [0.717, 1.165) is 31.5 Å². The van der Waals surface area contributed by atoms with Gasteiger partial charge in [-0.2, -0.15) is 0 Å². The van der Waals surface area contributed by atoms with Gasteiger partial charge < -0.3 is 19.7 Å². The Kier molecular flexibility index (Phi) is 8.85. The van der Waals surface area contributed by atoms with Crippen LogP contribution in [0, 0.1) is 11.8 Å². The summed E-state index contributed by atoms with van der Waals surface area (Å²) >= 11 is 0. The van der Waals surface area contributed by atoms with Crippen LogP contribution in [0.15, 0.2) is 23.7 Å². The van der Waals surface area contributed by atoms with Gasteiger partial charge in [0.05, 0.1) is 12.4 Å². The smallest absolute Gasteiger partial charge is 0.193 e. The summed E-state index contributed by atoms with van der Waals surface area (Å²) < 4.78 is 2.26. The van der Waals surface area contributed by atoms with E-state index in [9.17, 15) is 0 Å². The first-order valence-electron chi connectivity index (χ1n) is 10.3. The minimum Gasteiger partial charge on any atom is -0.356 e. The molecule has 7 heteroatoms. The first-order valence-corrected chi connectivity index (χ1v) is 10.3. The first-order chi connectivity index (χ1) is 12.6. The maximum Gasteiger partial charge on any atom is 0.193 e. The molecule has 2 fully saturated rings. The number of aromatic nitrogens is 2. The zero-order valence-corrected chi connectivity index (χ0v) is 19.7. The highest BCUT2D eigenvalue weighted by atomic mass is 127. The molecule has 3 heterocycles. The minimum atomic E-state index is 0. The SMILES string of the molecule is CN=C(NCC1CCCN(C(C)C)C1)N1CCC(C)C(n2ccnc2)C1.I. The molecule has 0 aliphatic carbocycles. The summed E-state index contributed by atoms with van der Waals surface area (Å²) in [6.07, 6.45) is 9.73. The van der Waals surface area contributed by atoms with Crippen molar-refractivity contribution >= 4 is 29.9 Å². The molecule has 2 saturated heterocycles. The Morgan fingerprint density at radius 2 is 2.07 bits per heavy atom. The van der Waals surface area contributed by atoms with Gasteiger partial charge >= 0.3 is 0 Å². The molecule has 0 bridgehead atoms. The summed E-state index contributed by atoms with van der Waals surface area (Å²) in [5.74, 6) is 2.44. The summed E-state index contributed by atoms with van der Waals surface area (Å²) in [5, 5.41) is 3.67. The lowest BCUT2D eigenvalue weighted by molar-refractivity contribution is 0.139. The Hall–Kier alpha value is -0.830. The van der Waals surface area contributed by atoms with E-state index in [1.807, 2.05) is 19.6 Å². The molecule has 0 radical (unpaired) electrons. The average Bonchev–Trinajstić information content (AvgIpc) is 3.18. The van der Waals surface area contributed by atoms with E-state index in [2.05, 4.69) is 56.6 Å². The number of likely N-dealkylation sites (tertiary alicyclic amines) is 2. The van der Waals surface area contributed by atoms with Crippen molar-refractivity contribution < 1.29 is 0 Å². The molecule has 0 spiro atoms. The summed E-state index contributed by atoms with van der Waals surface area (Å²) in [6, 6.07) is 1.12. The summed E-state index contributed by atoms with van der Waals surface area (Å²) in [5.41, 5.74) is 0. The topological polar surface area (TPSA) is 48.7 Å². The van der Waals surface area contributed by atoms with Crippen molar-refractivity contribution in [3.05, 3.63) is 18.7 Å². The van der Waals surface area contributed by atoms with Crippen LogP contribution < -0.4 is 5.32 Å². The van der Waals surface area contributed by atoms with Gasteiger partial charge in [-0.15, -0.1) is 24.0 Å². The zero-order valence-electron chi connectivity index (χ0n) is 17.3. The van der Waals surface area contributed by atoms with E-state index in [4.69, 9.17) is 0 Å². The van der Waals surface area contributed by atoms with Crippen molar-refractivity contribution in [3.8, 4) is 0 Å². The van der Waals surface area contributed by atoms with Gasteiger partial charge in [-0.1, -0.05) is 6.92 Å². The first kappa shape index (κ1) is 22.5. The second-order valence-corrected chi connectivity index (χ2v) is 8.31. The van der Waals surface area contributed by atoms with Crippen LogP contribution in [0.3, 0.4) is 0 Å². The Balaban J connectivity index is 0.00000261. The second kappa shape index (κ2) is 10.6. The third kappa shape index (κ3) is 5.82. The minimum absolute atomic E-state index is 0. The maximum atomic E-state index is 4.58. The van der Waals surface area contributed by atoms with Gasteiger partial charge in [0.2, 0.25) is 0 Å². The van der Waals surface area contributed by atoms with Crippen molar-refractivity contribution in [3.63, 3.8) is 0 Å². The highest BCUT2D eigenvalue weighted by Crippen LogP contribution is 2.27. The molecule has 0 aromatic carbocycles. The Morgan fingerprint density at radius 3 is 2.74 bits per heavy atom. The van der Waals surface area contributed by atoms with Gasteiger partial charge in [0.15, 0.2) is 5.96 Å². The lowest BCUT2D eigenvalue weighted by atomic mass is 9.93. The number of nitrogens with one attached hydrogen (secondary N) is 1. The van der Waals surface area contributed by atoms with E-state index < -0.39 is 0 Å². The molecule has 2 aliphatic heterocycles. The average molecular weight is 488 g/mol. The fourth-order valence-corrected chi connectivity index (χ4v) is 4.40. The molecule has 27 heavy (non-hydrogen) atoms. The van der Waals surface area contributed by atoms with Gasteiger partial charge in [-0.25, -0.2) is 4.98 Å². The Morgan fingerprint density at radius 1 is 1.26 bits per heavy atom. The van der Waals surface area contributed by atoms with Crippen molar-refractivity contribution in [2.24, 2.45) is 16.8 Å². The summed E-state index contributed by atoms with van der Waals surface area (Å²) in [4.78, 5) is 13.9. The Labute approximate surface area is 181 Å². The molecule has 3 unspecified atom stereocenters. The predicted molar refractivity (Wildman–Crippen MR) is 123 cm³/mol. The number of rotatable bonds is 4. The Bertz CT molecular complexity index is 573. The van der Waals surface area contributed by atoms with Crippen LogP contribution in [0.5, 0.6) is 0 Å².